The van der Waals surface area contributed by atoms with E-state index in [9.17, 15) is 14.7 Å². The number of nitro benzene ring substituents is 1. The van der Waals surface area contributed by atoms with Crippen molar-refractivity contribution in [2.75, 3.05) is 26.2 Å². The molecule has 0 spiro atoms. The number of aromatic nitrogens is 1. The monoisotopic (exact) mass is 440 g/mol. The molecule has 1 atom stereocenters. The second-order valence-electron chi connectivity index (χ2n) is 7.60. The Morgan fingerprint density at radius 3 is 2.48 bits per heavy atom. The van der Waals surface area contributed by atoms with Crippen LogP contribution in [0, 0.1) is 10.1 Å². The van der Waals surface area contributed by atoms with Crippen molar-refractivity contribution in [3.63, 3.8) is 0 Å². The number of rotatable bonds is 8. The summed E-state index contributed by atoms with van der Waals surface area (Å²) in [6.45, 7) is 4.81. The fraction of sp³-hybridized carbons (Fsp3) is 0.286. The second-order valence-corrected chi connectivity index (χ2v) is 9.92. The predicted molar refractivity (Wildman–Crippen MR) is 115 cm³/mol. The molecule has 1 unspecified atom stereocenters. The van der Waals surface area contributed by atoms with Gasteiger partial charge in [-0.25, -0.2) is 9.34 Å². The molecule has 1 aromatic heterocycles. The minimum atomic E-state index is -3.02. The highest BCUT2D eigenvalue weighted by molar-refractivity contribution is 7.54. The van der Waals surface area contributed by atoms with Gasteiger partial charge in [0, 0.05) is 37.6 Å². The molecule has 2 aliphatic heterocycles. The van der Waals surface area contributed by atoms with Gasteiger partial charge in [0.25, 0.3) is 0 Å². The third-order valence-electron chi connectivity index (χ3n) is 5.30. The van der Waals surface area contributed by atoms with Crippen LogP contribution >= 0.6 is 7.67 Å². The van der Waals surface area contributed by atoms with Gasteiger partial charge in [-0.1, -0.05) is 18.2 Å². The number of benzene rings is 2. The van der Waals surface area contributed by atoms with E-state index >= 15 is 0 Å². The molecule has 0 radical (unpaired) electrons. The molecule has 0 bridgehead atoms. The van der Waals surface area contributed by atoms with Gasteiger partial charge in [0.1, 0.15) is 5.75 Å². The van der Waals surface area contributed by atoms with Gasteiger partial charge in [-0.15, -0.1) is 0 Å². The maximum atomic E-state index is 13.3. The summed E-state index contributed by atoms with van der Waals surface area (Å²) in [4.78, 5) is 15.4. The highest BCUT2D eigenvalue weighted by atomic mass is 31.2. The number of hydrogen-bond donors (Lipinski definition) is 0. The molecule has 0 saturated carbocycles. The lowest BCUT2D eigenvalue weighted by Gasteiger charge is -2.24. The van der Waals surface area contributed by atoms with Crippen LogP contribution in [-0.4, -0.2) is 45.4 Å². The van der Waals surface area contributed by atoms with E-state index < -0.39 is 18.7 Å². The van der Waals surface area contributed by atoms with E-state index in [2.05, 4.69) is 4.98 Å². The lowest BCUT2D eigenvalue weighted by atomic mass is 10.1. The van der Waals surface area contributed by atoms with Gasteiger partial charge in [-0.05, 0) is 36.8 Å². The molecular formula is C21H21N4O5P. The van der Waals surface area contributed by atoms with Gasteiger partial charge in [-0.2, -0.15) is 0 Å². The average molecular weight is 440 g/mol. The molecule has 5 rings (SSSR count). The van der Waals surface area contributed by atoms with E-state index in [1.54, 1.807) is 25.1 Å². The summed E-state index contributed by atoms with van der Waals surface area (Å²) in [6.07, 6.45) is 1.01. The SMILES string of the molecule is CC(OP(=O)(N1CC1)N1CC1)c1ccc([N+](=O)[O-])c(Oc2cnc3ccccc3c2)c1. The summed E-state index contributed by atoms with van der Waals surface area (Å²) < 4.78 is 28.8. The van der Waals surface area contributed by atoms with E-state index in [1.807, 2.05) is 33.6 Å². The lowest BCUT2D eigenvalue weighted by molar-refractivity contribution is -0.385. The molecule has 2 aromatic carbocycles. The minimum absolute atomic E-state index is 0.0864. The molecule has 0 amide bonds. The van der Waals surface area contributed by atoms with Crippen molar-refractivity contribution in [1.29, 1.82) is 0 Å². The first-order valence-electron chi connectivity index (χ1n) is 10.0. The normalized spacial score (nSPS) is 17.5. The van der Waals surface area contributed by atoms with Gasteiger partial charge in [0.05, 0.1) is 22.7 Å². The standard InChI is InChI=1S/C21H21N4O5P/c1-15(30-31(28,23-8-9-23)24-10-11-24)16-6-7-20(25(26)27)21(13-16)29-18-12-17-4-2-3-5-19(17)22-14-18/h2-7,12-15H,8-11H2,1H3. The number of nitro groups is 1. The topological polar surface area (TPSA) is 97.6 Å². The average Bonchev–Trinajstić information content (AvgIpc) is 3.65. The zero-order valence-corrected chi connectivity index (χ0v) is 17.8. The van der Waals surface area contributed by atoms with Gasteiger partial charge >= 0.3 is 13.4 Å². The number of para-hydroxylation sites is 1. The highest BCUT2D eigenvalue weighted by Gasteiger charge is 2.50. The van der Waals surface area contributed by atoms with Crippen molar-refractivity contribution in [3.05, 3.63) is 70.4 Å². The number of fused-ring (bicyclic) bond motifs is 1. The van der Waals surface area contributed by atoms with Crippen molar-refractivity contribution < 1.29 is 18.7 Å². The molecule has 0 N–H and O–H groups in total. The van der Waals surface area contributed by atoms with Crippen molar-refractivity contribution in [2.45, 2.75) is 13.0 Å². The third-order valence-corrected chi connectivity index (χ3v) is 8.12. The Morgan fingerprint density at radius 1 is 1.10 bits per heavy atom. The van der Waals surface area contributed by atoms with Crippen LogP contribution in [0.5, 0.6) is 11.5 Å². The van der Waals surface area contributed by atoms with E-state index in [4.69, 9.17) is 9.26 Å². The van der Waals surface area contributed by atoms with Crippen molar-refractivity contribution >= 4 is 24.3 Å². The first-order chi connectivity index (χ1) is 14.9. The van der Waals surface area contributed by atoms with Gasteiger partial charge in [0.2, 0.25) is 5.75 Å². The van der Waals surface area contributed by atoms with Crippen LogP contribution in [0.15, 0.2) is 54.7 Å². The Morgan fingerprint density at radius 2 is 1.81 bits per heavy atom. The van der Waals surface area contributed by atoms with E-state index in [1.165, 1.54) is 12.3 Å². The number of pyridine rings is 1. The Hall–Kier alpha value is -2.84. The molecule has 3 heterocycles. The first kappa shape index (κ1) is 20.1. The molecule has 31 heavy (non-hydrogen) atoms. The van der Waals surface area contributed by atoms with Crippen molar-refractivity contribution in [1.82, 2.24) is 14.3 Å². The smallest absolute Gasteiger partial charge is 0.346 e. The van der Waals surface area contributed by atoms with E-state index in [0.717, 1.165) is 37.1 Å². The Bertz CT molecular complexity index is 1200. The molecule has 10 heteroatoms. The molecule has 9 nitrogen and oxygen atoms in total. The summed E-state index contributed by atoms with van der Waals surface area (Å²) in [5.74, 6) is 0.481. The van der Waals surface area contributed by atoms with Crippen LogP contribution < -0.4 is 4.74 Å². The van der Waals surface area contributed by atoms with Crippen LogP contribution in [-0.2, 0) is 9.09 Å². The minimum Gasteiger partial charge on any atom is -0.448 e. The summed E-state index contributed by atoms with van der Waals surface area (Å²) >= 11 is 0. The molecule has 3 aromatic rings. The fourth-order valence-electron chi connectivity index (χ4n) is 3.42. The van der Waals surface area contributed by atoms with Crippen LogP contribution in [0.2, 0.25) is 0 Å². The van der Waals surface area contributed by atoms with Gasteiger partial charge < -0.3 is 4.74 Å². The fourth-order valence-corrected chi connectivity index (χ4v) is 5.77. The largest absolute Gasteiger partial charge is 0.448 e. The first-order valence-corrected chi connectivity index (χ1v) is 11.6. The van der Waals surface area contributed by atoms with Crippen molar-refractivity contribution in [2.24, 2.45) is 0 Å². The molecule has 2 fully saturated rings. The van der Waals surface area contributed by atoms with Crippen LogP contribution in [0.1, 0.15) is 18.6 Å². The molecular weight excluding hydrogens is 419 g/mol. The predicted octanol–water partition coefficient (Wildman–Crippen LogP) is 4.75. The van der Waals surface area contributed by atoms with Crippen molar-refractivity contribution in [3.8, 4) is 11.5 Å². The number of hydrogen-bond acceptors (Lipinski definition) is 6. The maximum absolute atomic E-state index is 13.3. The molecule has 2 aliphatic rings. The zero-order chi connectivity index (χ0) is 21.6. The maximum Gasteiger partial charge on any atom is 0.346 e. The lowest BCUT2D eigenvalue weighted by Crippen LogP contribution is -2.10. The van der Waals surface area contributed by atoms with Crippen LogP contribution in [0.3, 0.4) is 0 Å². The van der Waals surface area contributed by atoms with Crippen LogP contribution in [0.25, 0.3) is 10.9 Å². The van der Waals surface area contributed by atoms with Gasteiger partial charge in [0.15, 0.2) is 0 Å². The third kappa shape index (κ3) is 4.05. The molecule has 2 saturated heterocycles. The highest BCUT2D eigenvalue weighted by Crippen LogP contribution is 2.63. The Kier molecular flexibility index (Phi) is 4.98. The van der Waals surface area contributed by atoms with E-state index in [0.29, 0.717) is 11.3 Å². The molecule has 0 aliphatic carbocycles. The summed E-state index contributed by atoms with van der Waals surface area (Å²) in [7, 11) is -3.02. The summed E-state index contributed by atoms with van der Waals surface area (Å²) in [6, 6.07) is 13.9. The van der Waals surface area contributed by atoms with Gasteiger partial charge in [-0.3, -0.25) is 24.2 Å². The number of nitrogens with zero attached hydrogens (tertiary/aromatic N) is 4. The summed E-state index contributed by atoms with van der Waals surface area (Å²) in [5, 5.41) is 12.4. The molecule has 160 valence electrons. The second kappa shape index (κ2) is 7.69. The Labute approximate surface area is 178 Å². The Balaban J connectivity index is 1.44. The van der Waals surface area contributed by atoms with E-state index in [-0.39, 0.29) is 11.4 Å². The zero-order valence-electron chi connectivity index (χ0n) is 16.9. The summed E-state index contributed by atoms with van der Waals surface area (Å²) in [5.41, 5.74) is 1.29. The quantitative estimate of drug-likeness (QED) is 0.214. The van der Waals surface area contributed by atoms with Crippen LogP contribution in [0.4, 0.5) is 5.69 Å². The number of ether oxygens (including phenoxy) is 1.